The second-order valence-electron chi connectivity index (χ2n) is 7.92. The Hall–Kier alpha value is -3.16. The van der Waals surface area contributed by atoms with Crippen molar-refractivity contribution in [2.75, 3.05) is 44.1 Å². The van der Waals surface area contributed by atoms with Crippen LogP contribution in [0.1, 0.15) is 21.5 Å². The number of nitrogen functional groups attached to an aromatic ring is 1. The summed E-state index contributed by atoms with van der Waals surface area (Å²) in [6, 6.07) is 19.2. The normalized spacial score (nSPS) is 13.3. The summed E-state index contributed by atoms with van der Waals surface area (Å²) in [5, 5.41) is 2.91. The van der Waals surface area contributed by atoms with Gasteiger partial charge >= 0.3 is 0 Å². The molecule has 6 nitrogen and oxygen atoms in total. The van der Waals surface area contributed by atoms with Gasteiger partial charge in [-0.05, 0) is 66.1 Å². The fourth-order valence-corrected chi connectivity index (χ4v) is 4.88. The lowest BCUT2D eigenvalue weighted by molar-refractivity contribution is 0.102. The number of hydrogen-bond donors (Lipinski definition) is 2. The number of fused-ring (bicyclic) bond motifs is 1. The molecular weight excluding hydrogens is 434 g/mol. The van der Waals surface area contributed by atoms with Gasteiger partial charge in [-0.1, -0.05) is 12.1 Å². The Kier molecular flexibility index (Phi) is 7.42. The first-order valence-corrected chi connectivity index (χ1v) is 11.9. The van der Waals surface area contributed by atoms with Crippen LogP contribution in [0.3, 0.4) is 0 Å². The molecule has 33 heavy (non-hydrogen) atoms. The molecule has 0 aromatic heterocycles. The van der Waals surface area contributed by atoms with E-state index in [1.807, 2.05) is 42.1 Å². The molecule has 7 heteroatoms. The number of para-hydroxylation sites is 1. The molecule has 4 rings (SSSR count). The maximum atomic E-state index is 12.4. The van der Waals surface area contributed by atoms with Gasteiger partial charge in [-0.25, -0.2) is 0 Å². The molecule has 1 aliphatic heterocycles. The molecule has 0 spiro atoms. The lowest BCUT2D eigenvalue weighted by Gasteiger charge is -2.29. The number of hydrogen-bond acceptors (Lipinski definition) is 6. The van der Waals surface area contributed by atoms with E-state index in [0.717, 1.165) is 49.0 Å². The van der Waals surface area contributed by atoms with Crippen LogP contribution < -0.4 is 20.5 Å². The smallest absolute Gasteiger partial charge is 0.257 e. The van der Waals surface area contributed by atoms with E-state index in [2.05, 4.69) is 22.3 Å². The van der Waals surface area contributed by atoms with Crippen molar-refractivity contribution in [2.45, 2.75) is 17.9 Å². The number of anilines is 2. The number of rotatable bonds is 8. The van der Waals surface area contributed by atoms with Crippen molar-refractivity contribution < 1.29 is 14.3 Å². The predicted molar refractivity (Wildman–Crippen MR) is 135 cm³/mol. The minimum atomic E-state index is -0.201. The van der Waals surface area contributed by atoms with Crippen LogP contribution in [0, 0.1) is 0 Å². The zero-order chi connectivity index (χ0) is 23.2. The minimum absolute atomic E-state index is 0.201. The molecule has 1 amide bonds. The van der Waals surface area contributed by atoms with Gasteiger partial charge in [0.25, 0.3) is 5.91 Å². The van der Waals surface area contributed by atoms with Crippen molar-refractivity contribution in [2.24, 2.45) is 0 Å². The predicted octanol–water partition coefficient (Wildman–Crippen LogP) is 4.69. The fourth-order valence-electron chi connectivity index (χ4n) is 3.96. The van der Waals surface area contributed by atoms with Gasteiger partial charge in [0.2, 0.25) is 0 Å². The lowest BCUT2D eigenvalue weighted by Crippen LogP contribution is -2.32. The average Bonchev–Trinajstić information content (AvgIpc) is 2.84. The third-order valence-corrected chi connectivity index (χ3v) is 6.78. The Labute approximate surface area is 199 Å². The van der Waals surface area contributed by atoms with Gasteiger partial charge in [0.1, 0.15) is 0 Å². The summed E-state index contributed by atoms with van der Waals surface area (Å²) in [6.07, 6.45) is 1.01. The van der Waals surface area contributed by atoms with E-state index in [1.54, 1.807) is 32.4 Å². The van der Waals surface area contributed by atoms with Crippen molar-refractivity contribution in [3.63, 3.8) is 0 Å². The van der Waals surface area contributed by atoms with E-state index in [4.69, 9.17) is 15.2 Å². The maximum Gasteiger partial charge on any atom is 0.257 e. The third-order valence-electron chi connectivity index (χ3n) is 5.79. The van der Waals surface area contributed by atoms with Gasteiger partial charge in [-0.3, -0.25) is 9.69 Å². The fraction of sp³-hybridized carbons (Fsp3) is 0.269. The Morgan fingerprint density at radius 2 is 1.73 bits per heavy atom. The zero-order valence-electron chi connectivity index (χ0n) is 19.0. The molecule has 0 fully saturated rings. The molecule has 0 saturated heterocycles. The number of ether oxygens (including phenoxy) is 2. The number of benzene rings is 3. The summed E-state index contributed by atoms with van der Waals surface area (Å²) in [6.45, 7) is 2.96. The lowest BCUT2D eigenvalue weighted by atomic mass is 9.99. The maximum absolute atomic E-state index is 12.4. The van der Waals surface area contributed by atoms with E-state index >= 15 is 0 Å². The molecule has 0 radical (unpaired) electrons. The summed E-state index contributed by atoms with van der Waals surface area (Å²) in [5.41, 5.74) is 10.2. The van der Waals surface area contributed by atoms with Gasteiger partial charge in [0.15, 0.2) is 11.5 Å². The first kappa shape index (κ1) is 23.0. The third kappa shape index (κ3) is 5.61. The number of thioether (sulfide) groups is 1. The molecular formula is C26H29N3O3S. The number of nitrogens with two attached hydrogens (primary N) is 1. The Morgan fingerprint density at radius 3 is 2.42 bits per heavy atom. The molecule has 172 valence electrons. The number of amides is 1. The molecule has 3 aromatic carbocycles. The van der Waals surface area contributed by atoms with Gasteiger partial charge in [0, 0.05) is 41.7 Å². The molecule has 3 N–H and O–H groups in total. The molecule has 0 atom stereocenters. The van der Waals surface area contributed by atoms with Crippen molar-refractivity contribution in [1.29, 1.82) is 0 Å². The molecule has 1 aliphatic rings. The Morgan fingerprint density at radius 1 is 1.03 bits per heavy atom. The highest BCUT2D eigenvalue weighted by atomic mass is 32.2. The molecule has 1 heterocycles. The number of methoxy groups -OCH3 is 2. The Bertz CT molecular complexity index is 1120. The number of carbonyl (C=O) groups is 1. The quantitative estimate of drug-likeness (QED) is 0.373. The van der Waals surface area contributed by atoms with Crippen molar-refractivity contribution in [1.82, 2.24) is 4.90 Å². The van der Waals surface area contributed by atoms with Crippen LogP contribution in [0.5, 0.6) is 11.5 Å². The van der Waals surface area contributed by atoms with E-state index < -0.39 is 0 Å². The second-order valence-corrected chi connectivity index (χ2v) is 9.08. The van der Waals surface area contributed by atoms with Crippen LogP contribution >= 0.6 is 11.8 Å². The molecule has 0 aliphatic carbocycles. The van der Waals surface area contributed by atoms with Crippen LogP contribution in [0.2, 0.25) is 0 Å². The molecule has 0 unspecified atom stereocenters. The van der Waals surface area contributed by atoms with Crippen LogP contribution in [0.15, 0.2) is 65.6 Å². The van der Waals surface area contributed by atoms with Gasteiger partial charge in [-0.15, -0.1) is 11.8 Å². The number of nitrogens with one attached hydrogen (secondary N) is 1. The van der Waals surface area contributed by atoms with Gasteiger partial charge in [-0.2, -0.15) is 0 Å². The highest BCUT2D eigenvalue weighted by Crippen LogP contribution is 2.33. The summed E-state index contributed by atoms with van der Waals surface area (Å²) < 4.78 is 10.9. The van der Waals surface area contributed by atoms with E-state index in [0.29, 0.717) is 11.3 Å². The van der Waals surface area contributed by atoms with Crippen LogP contribution in [-0.4, -0.2) is 43.9 Å². The SMILES string of the molecule is COc1cc2c(cc1OC)CN(CCSc1ccc(NC(=O)c3ccccc3N)cc1)CC2. The molecule has 0 saturated carbocycles. The first-order valence-electron chi connectivity index (χ1n) is 10.9. The average molecular weight is 464 g/mol. The summed E-state index contributed by atoms with van der Waals surface area (Å²) in [7, 11) is 3.35. The van der Waals surface area contributed by atoms with E-state index in [9.17, 15) is 4.79 Å². The number of carbonyl (C=O) groups excluding carboxylic acids is 1. The van der Waals surface area contributed by atoms with Gasteiger partial charge < -0.3 is 20.5 Å². The van der Waals surface area contributed by atoms with Crippen molar-refractivity contribution in [3.05, 3.63) is 77.4 Å². The largest absolute Gasteiger partial charge is 0.493 e. The zero-order valence-corrected chi connectivity index (χ0v) is 19.8. The van der Waals surface area contributed by atoms with Crippen molar-refractivity contribution in [3.8, 4) is 11.5 Å². The van der Waals surface area contributed by atoms with Gasteiger partial charge in [0.05, 0.1) is 19.8 Å². The highest BCUT2D eigenvalue weighted by Gasteiger charge is 2.19. The van der Waals surface area contributed by atoms with Crippen LogP contribution in [0.25, 0.3) is 0 Å². The summed E-state index contributed by atoms with van der Waals surface area (Å²) >= 11 is 1.82. The van der Waals surface area contributed by atoms with Crippen LogP contribution in [-0.2, 0) is 13.0 Å². The summed E-state index contributed by atoms with van der Waals surface area (Å²) in [4.78, 5) is 16.1. The highest BCUT2D eigenvalue weighted by molar-refractivity contribution is 7.99. The van der Waals surface area contributed by atoms with E-state index in [-0.39, 0.29) is 5.91 Å². The molecule has 0 bridgehead atoms. The Balaban J connectivity index is 1.27. The van der Waals surface area contributed by atoms with E-state index in [1.165, 1.54) is 16.0 Å². The molecule has 3 aromatic rings. The number of nitrogens with zero attached hydrogens (tertiary/aromatic N) is 1. The van der Waals surface area contributed by atoms with Crippen LogP contribution in [0.4, 0.5) is 11.4 Å². The standard InChI is InChI=1S/C26H29N3O3S/c1-31-24-15-18-11-12-29(17-19(18)16-25(24)32-2)13-14-33-21-9-7-20(8-10-21)28-26(30)22-5-3-4-6-23(22)27/h3-10,15-16H,11-14,17,27H2,1-2H3,(H,28,30). The monoisotopic (exact) mass is 463 g/mol. The topological polar surface area (TPSA) is 76.8 Å². The van der Waals surface area contributed by atoms with Crippen molar-refractivity contribution >= 4 is 29.0 Å². The minimum Gasteiger partial charge on any atom is -0.493 e. The second kappa shape index (κ2) is 10.6. The first-order chi connectivity index (χ1) is 16.1. The summed E-state index contributed by atoms with van der Waals surface area (Å²) in [5.74, 6) is 2.38.